The number of hydrogen-bond acceptors (Lipinski definition) is 4. The van der Waals surface area contributed by atoms with Gasteiger partial charge in [0.25, 0.3) is 0 Å². The van der Waals surface area contributed by atoms with Crippen molar-refractivity contribution in [3.63, 3.8) is 0 Å². The van der Waals surface area contributed by atoms with Gasteiger partial charge in [-0.15, -0.1) is 11.3 Å². The van der Waals surface area contributed by atoms with Gasteiger partial charge in [-0.05, 0) is 30.3 Å². The van der Waals surface area contributed by atoms with Gasteiger partial charge in [-0.1, -0.05) is 17.9 Å². The van der Waals surface area contributed by atoms with Crippen molar-refractivity contribution in [1.82, 2.24) is 4.98 Å². The average molecular weight is 295 g/mol. The molecule has 104 valence electrons. The van der Waals surface area contributed by atoms with Crippen molar-refractivity contribution in [1.29, 1.82) is 0 Å². The van der Waals surface area contributed by atoms with Crippen LogP contribution in [-0.4, -0.2) is 16.7 Å². The first kappa shape index (κ1) is 13.6. The molecule has 0 atom stereocenters. The molecule has 0 saturated heterocycles. The predicted octanol–water partition coefficient (Wildman–Crippen LogP) is 3.22. The van der Waals surface area contributed by atoms with Crippen LogP contribution in [0.2, 0.25) is 0 Å². The van der Waals surface area contributed by atoms with E-state index in [9.17, 15) is 0 Å². The minimum absolute atomic E-state index is 0.120. The number of aliphatic hydroxyl groups is 1. The van der Waals surface area contributed by atoms with E-state index in [1.165, 1.54) is 0 Å². The third-order valence-electron chi connectivity index (χ3n) is 2.94. The number of thiophene rings is 1. The first-order valence-electron chi connectivity index (χ1n) is 6.50. The van der Waals surface area contributed by atoms with Gasteiger partial charge in [0.1, 0.15) is 19.0 Å². The van der Waals surface area contributed by atoms with Gasteiger partial charge in [0, 0.05) is 27.4 Å². The van der Waals surface area contributed by atoms with Crippen LogP contribution in [0.5, 0.6) is 5.75 Å². The first-order valence-corrected chi connectivity index (χ1v) is 7.38. The molecule has 0 aliphatic rings. The van der Waals surface area contributed by atoms with Crippen LogP contribution in [0.15, 0.2) is 48.0 Å². The molecule has 3 rings (SSSR count). The van der Waals surface area contributed by atoms with E-state index in [1.54, 1.807) is 17.5 Å². The molecule has 2 heterocycles. The number of nitrogens with zero attached hydrogens (tertiary/aromatic N) is 1. The molecule has 0 spiro atoms. The van der Waals surface area contributed by atoms with Gasteiger partial charge in [0.2, 0.25) is 0 Å². The van der Waals surface area contributed by atoms with Crippen molar-refractivity contribution >= 4 is 22.2 Å². The SMILES string of the molecule is OCC#Cc1csc(COc2cccc3ncccc23)c1. The maximum Gasteiger partial charge on any atom is 0.129 e. The van der Waals surface area contributed by atoms with Crippen LogP contribution in [0.1, 0.15) is 10.4 Å². The fourth-order valence-electron chi connectivity index (χ4n) is 2.01. The molecule has 1 aromatic carbocycles. The third kappa shape index (κ3) is 3.22. The Morgan fingerprint density at radius 1 is 1.24 bits per heavy atom. The Kier molecular flexibility index (Phi) is 4.15. The molecule has 0 unspecified atom stereocenters. The largest absolute Gasteiger partial charge is 0.487 e. The number of aliphatic hydroxyl groups excluding tert-OH is 1. The van der Waals surface area contributed by atoms with E-state index in [0.717, 1.165) is 27.1 Å². The molecular formula is C17H13NO2S. The number of hydrogen-bond donors (Lipinski definition) is 1. The van der Waals surface area contributed by atoms with E-state index in [-0.39, 0.29) is 6.61 Å². The fourth-order valence-corrected chi connectivity index (χ4v) is 2.74. The monoisotopic (exact) mass is 295 g/mol. The summed E-state index contributed by atoms with van der Waals surface area (Å²) in [5, 5.41) is 11.7. The second-order valence-corrected chi connectivity index (χ2v) is 5.37. The van der Waals surface area contributed by atoms with Crippen molar-refractivity contribution < 1.29 is 9.84 Å². The Balaban J connectivity index is 1.76. The third-order valence-corrected chi connectivity index (χ3v) is 3.85. The highest BCUT2D eigenvalue weighted by Gasteiger charge is 2.04. The number of fused-ring (bicyclic) bond motifs is 1. The Morgan fingerprint density at radius 3 is 3.10 bits per heavy atom. The Labute approximate surface area is 126 Å². The van der Waals surface area contributed by atoms with Gasteiger partial charge < -0.3 is 9.84 Å². The van der Waals surface area contributed by atoms with Gasteiger partial charge in [-0.25, -0.2) is 0 Å². The van der Waals surface area contributed by atoms with E-state index in [2.05, 4.69) is 16.8 Å². The van der Waals surface area contributed by atoms with Gasteiger partial charge in [-0.3, -0.25) is 4.98 Å². The van der Waals surface area contributed by atoms with Crippen LogP contribution in [-0.2, 0) is 6.61 Å². The number of ether oxygens (including phenoxy) is 1. The Hall–Kier alpha value is -2.35. The highest BCUT2D eigenvalue weighted by Crippen LogP contribution is 2.25. The summed E-state index contributed by atoms with van der Waals surface area (Å²) in [7, 11) is 0. The van der Waals surface area contributed by atoms with Crippen LogP contribution in [0, 0.1) is 11.8 Å². The number of rotatable bonds is 3. The van der Waals surface area contributed by atoms with Gasteiger partial charge in [-0.2, -0.15) is 0 Å². The quantitative estimate of drug-likeness (QED) is 0.754. The zero-order valence-corrected chi connectivity index (χ0v) is 12.1. The molecule has 21 heavy (non-hydrogen) atoms. The Morgan fingerprint density at radius 2 is 2.19 bits per heavy atom. The van der Waals surface area contributed by atoms with Crippen LogP contribution in [0.25, 0.3) is 10.9 Å². The molecule has 0 saturated carbocycles. The first-order chi connectivity index (χ1) is 10.4. The molecule has 4 heteroatoms. The number of aromatic nitrogens is 1. The molecule has 1 N–H and O–H groups in total. The van der Waals surface area contributed by atoms with Crippen molar-refractivity contribution in [3.8, 4) is 17.6 Å². The van der Waals surface area contributed by atoms with Crippen molar-refractivity contribution in [2.75, 3.05) is 6.61 Å². The van der Waals surface area contributed by atoms with Crippen LogP contribution in [0.4, 0.5) is 0 Å². The van der Waals surface area contributed by atoms with Crippen molar-refractivity contribution in [3.05, 3.63) is 58.4 Å². The highest BCUT2D eigenvalue weighted by atomic mass is 32.1. The van der Waals surface area contributed by atoms with Crippen LogP contribution < -0.4 is 4.74 Å². The standard InChI is InChI=1S/C17H13NO2S/c19-9-3-4-13-10-14(21-12-13)11-20-17-7-1-6-16-15(17)5-2-8-18-16/h1-2,5-8,10,12,19H,9,11H2. The van der Waals surface area contributed by atoms with Crippen molar-refractivity contribution in [2.45, 2.75) is 6.61 Å². The van der Waals surface area contributed by atoms with E-state index in [1.807, 2.05) is 41.8 Å². The lowest BCUT2D eigenvalue weighted by Gasteiger charge is -2.07. The number of pyridine rings is 1. The lowest BCUT2D eigenvalue weighted by Crippen LogP contribution is -1.94. The molecule has 0 aliphatic heterocycles. The maximum absolute atomic E-state index is 8.69. The molecular weight excluding hydrogens is 282 g/mol. The maximum atomic E-state index is 8.69. The van der Waals surface area contributed by atoms with E-state index in [0.29, 0.717) is 6.61 Å². The van der Waals surface area contributed by atoms with E-state index >= 15 is 0 Å². The minimum Gasteiger partial charge on any atom is -0.487 e. The topological polar surface area (TPSA) is 42.4 Å². The normalized spacial score (nSPS) is 10.1. The van der Waals surface area contributed by atoms with Crippen LogP contribution in [0.3, 0.4) is 0 Å². The van der Waals surface area contributed by atoms with Crippen molar-refractivity contribution in [2.24, 2.45) is 0 Å². The zero-order chi connectivity index (χ0) is 14.5. The van der Waals surface area contributed by atoms with E-state index in [4.69, 9.17) is 9.84 Å². The lowest BCUT2D eigenvalue weighted by molar-refractivity contribution is 0.313. The van der Waals surface area contributed by atoms with Gasteiger partial charge in [0.05, 0.1) is 5.52 Å². The average Bonchev–Trinajstić information content (AvgIpc) is 2.99. The highest BCUT2D eigenvalue weighted by molar-refractivity contribution is 7.10. The van der Waals surface area contributed by atoms with Gasteiger partial charge in [0.15, 0.2) is 0 Å². The lowest BCUT2D eigenvalue weighted by atomic mass is 10.2. The van der Waals surface area contributed by atoms with Crippen LogP contribution >= 0.6 is 11.3 Å². The summed E-state index contributed by atoms with van der Waals surface area (Å²) in [5.74, 6) is 6.36. The Bertz CT molecular complexity index is 809. The molecule has 0 amide bonds. The zero-order valence-electron chi connectivity index (χ0n) is 11.2. The summed E-state index contributed by atoms with van der Waals surface area (Å²) in [5.41, 5.74) is 1.84. The summed E-state index contributed by atoms with van der Waals surface area (Å²) in [6.45, 7) is 0.379. The molecule has 0 radical (unpaired) electrons. The molecule has 0 bridgehead atoms. The summed E-state index contributed by atoms with van der Waals surface area (Å²) in [6.07, 6.45) is 1.78. The molecule has 0 fully saturated rings. The second kappa shape index (κ2) is 6.40. The molecule has 3 aromatic rings. The number of benzene rings is 1. The summed E-state index contributed by atoms with van der Waals surface area (Å²) >= 11 is 1.60. The second-order valence-electron chi connectivity index (χ2n) is 4.38. The summed E-state index contributed by atoms with van der Waals surface area (Å²) < 4.78 is 5.90. The smallest absolute Gasteiger partial charge is 0.129 e. The molecule has 2 aromatic heterocycles. The van der Waals surface area contributed by atoms with Gasteiger partial charge >= 0.3 is 0 Å². The molecule has 0 aliphatic carbocycles. The molecule has 3 nitrogen and oxygen atoms in total. The van der Waals surface area contributed by atoms with E-state index < -0.39 is 0 Å². The minimum atomic E-state index is -0.120. The fraction of sp³-hybridized carbons (Fsp3) is 0.118. The summed E-state index contributed by atoms with van der Waals surface area (Å²) in [4.78, 5) is 5.41. The predicted molar refractivity (Wildman–Crippen MR) is 84.4 cm³/mol. The summed E-state index contributed by atoms with van der Waals surface area (Å²) in [6, 6.07) is 11.8.